The van der Waals surface area contributed by atoms with E-state index in [9.17, 15) is 0 Å². The van der Waals surface area contributed by atoms with Crippen molar-refractivity contribution < 1.29 is 0 Å². The molecule has 0 bridgehead atoms. The normalized spacial score (nSPS) is 11.7. The van der Waals surface area contributed by atoms with Crippen LogP contribution in [0.25, 0.3) is 64.5 Å². The Morgan fingerprint density at radius 1 is 0.559 bits per heavy atom. The minimum atomic E-state index is 0.753. The highest BCUT2D eigenvalue weighted by molar-refractivity contribution is 9.10. The summed E-state index contributed by atoms with van der Waals surface area (Å²) in [6.07, 6.45) is 0. The van der Waals surface area contributed by atoms with Crippen molar-refractivity contribution in [3.05, 3.63) is 108 Å². The van der Waals surface area contributed by atoms with E-state index in [1.54, 1.807) is 0 Å². The van der Waals surface area contributed by atoms with E-state index in [0.29, 0.717) is 0 Å². The van der Waals surface area contributed by atoms with Gasteiger partial charge >= 0.3 is 0 Å². The summed E-state index contributed by atoms with van der Waals surface area (Å²) in [5.41, 5.74) is 4.08. The minimum Gasteiger partial charge on any atom is -0.227 e. The van der Waals surface area contributed by atoms with Gasteiger partial charge in [-0.3, -0.25) is 0 Å². The van der Waals surface area contributed by atoms with Gasteiger partial charge in [0.2, 0.25) is 0 Å². The third-order valence-electron chi connectivity index (χ3n) is 6.33. The molecule has 0 saturated heterocycles. The Morgan fingerprint density at radius 3 is 2.29 bits per heavy atom. The molecule has 0 saturated carbocycles. The van der Waals surface area contributed by atoms with Crippen LogP contribution in [0, 0.1) is 0 Å². The summed E-state index contributed by atoms with van der Waals surface area (Å²) in [7, 11) is 0. The molecule has 2 heterocycles. The van der Waals surface area contributed by atoms with Crippen molar-refractivity contribution in [1.29, 1.82) is 0 Å². The third kappa shape index (κ3) is 3.14. The Kier molecular flexibility index (Phi) is 4.51. The van der Waals surface area contributed by atoms with Crippen LogP contribution in [0.1, 0.15) is 0 Å². The molecular weight excluding hydrogens is 500 g/mol. The fourth-order valence-corrected chi connectivity index (χ4v) is 6.18. The Labute approximate surface area is 208 Å². The van der Waals surface area contributed by atoms with Gasteiger partial charge in [-0.2, -0.15) is 0 Å². The fourth-order valence-electron chi connectivity index (χ4n) is 4.70. The molecule has 5 aromatic carbocycles. The Balaban J connectivity index is 1.53. The number of hydrogen-bond donors (Lipinski definition) is 0. The lowest BCUT2D eigenvalue weighted by molar-refractivity contribution is 1.24. The molecule has 0 spiro atoms. The number of hydrogen-bond acceptors (Lipinski definition) is 3. The second-order valence-electron chi connectivity index (χ2n) is 8.40. The van der Waals surface area contributed by atoms with Gasteiger partial charge in [0.1, 0.15) is 0 Å². The van der Waals surface area contributed by atoms with Gasteiger partial charge in [-0.05, 0) is 35.7 Å². The van der Waals surface area contributed by atoms with Crippen LogP contribution in [0.15, 0.2) is 108 Å². The maximum absolute atomic E-state index is 5.12. The molecule has 0 amide bonds. The van der Waals surface area contributed by atoms with Crippen molar-refractivity contribution in [2.75, 3.05) is 0 Å². The van der Waals surface area contributed by atoms with Gasteiger partial charge in [-0.15, -0.1) is 11.3 Å². The van der Waals surface area contributed by atoms with Gasteiger partial charge < -0.3 is 0 Å². The summed E-state index contributed by atoms with van der Waals surface area (Å²) < 4.78 is 3.63. The quantitative estimate of drug-likeness (QED) is 0.214. The number of aromatic nitrogens is 2. The van der Waals surface area contributed by atoms with Crippen molar-refractivity contribution >= 4 is 69.1 Å². The minimum absolute atomic E-state index is 0.753. The first-order valence-corrected chi connectivity index (χ1v) is 12.7. The summed E-state index contributed by atoms with van der Waals surface area (Å²) in [4.78, 5) is 10.2. The molecule has 0 fully saturated rings. The van der Waals surface area contributed by atoms with Crippen LogP contribution in [0.3, 0.4) is 0 Å². The van der Waals surface area contributed by atoms with Gasteiger partial charge in [0.15, 0.2) is 5.82 Å². The van der Waals surface area contributed by atoms with Crippen LogP contribution < -0.4 is 0 Å². The molecule has 7 aromatic rings. The average Bonchev–Trinajstić information content (AvgIpc) is 3.25. The Hall–Kier alpha value is -3.60. The van der Waals surface area contributed by atoms with Crippen molar-refractivity contribution in [2.24, 2.45) is 0 Å². The predicted molar refractivity (Wildman–Crippen MR) is 149 cm³/mol. The van der Waals surface area contributed by atoms with E-state index in [0.717, 1.165) is 43.4 Å². The third-order valence-corrected chi connectivity index (χ3v) is 7.96. The Morgan fingerprint density at radius 2 is 1.38 bits per heavy atom. The van der Waals surface area contributed by atoms with E-state index >= 15 is 0 Å². The number of benzene rings is 5. The van der Waals surface area contributed by atoms with E-state index in [2.05, 4.69) is 113 Å². The first-order valence-electron chi connectivity index (χ1n) is 11.1. The van der Waals surface area contributed by atoms with Gasteiger partial charge in [0.05, 0.1) is 11.2 Å². The molecule has 0 atom stereocenters. The first-order chi connectivity index (χ1) is 16.7. The zero-order valence-corrected chi connectivity index (χ0v) is 20.4. The van der Waals surface area contributed by atoms with Gasteiger partial charge in [-0.25, -0.2) is 9.97 Å². The smallest absolute Gasteiger partial charge is 0.160 e. The molecule has 34 heavy (non-hydrogen) atoms. The van der Waals surface area contributed by atoms with Gasteiger partial charge in [0.25, 0.3) is 0 Å². The van der Waals surface area contributed by atoms with Gasteiger partial charge in [0, 0.05) is 46.5 Å². The number of halogens is 1. The van der Waals surface area contributed by atoms with Crippen LogP contribution in [0.5, 0.6) is 0 Å². The van der Waals surface area contributed by atoms with E-state index < -0.39 is 0 Å². The van der Waals surface area contributed by atoms with Crippen LogP contribution in [-0.2, 0) is 0 Å². The molecule has 4 heteroatoms. The average molecular weight is 517 g/mol. The second-order valence-corrected chi connectivity index (χ2v) is 10.4. The summed E-state index contributed by atoms with van der Waals surface area (Å²) in [5, 5.41) is 5.94. The molecule has 0 N–H and O–H groups in total. The molecule has 0 aliphatic rings. The fraction of sp³-hybridized carbons (Fsp3) is 0. The zero-order valence-electron chi connectivity index (χ0n) is 18.0. The monoisotopic (exact) mass is 516 g/mol. The molecular formula is C30H17BrN2S. The maximum atomic E-state index is 5.12. The van der Waals surface area contributed by atoms with Crippen molar-refractivity contribution in [3.63, 3.8) is 0 Å². The van der Waals surface area contributed by atoms with Crippen LogP contribution >= 0.6 is 27.3 Å². The second kappa shape index (κ2) is 7.73. The number of thiophene rings is 1. The molecule has 160 valence electrons. The summed E-state index contributed by atoms with van der Waals surface area (Å²) in [6, 6.07) is 36.2. The van der Waals surface area contributed by atoms with Crippen LogP contribution in [0.4, 0.5) is 0 Å². The molecule has 0 unspecified atom stereocenters. The highest BCUT2D eigenvalue weighted by Crippen LogP contribution is 2.38. The van der Waals surface area contributed by atoms with E-state index in [-0.39, 0.29) is 0 Å². The van der Waals surface area contributed by atoms with Crippen molar-refractivity contribution in [1.82, 2.24) is 9.97 Å². The SMILES string of the molecule is Brc1ccc2sc3cc(-c4nc(-c5ccccc5)c5ccc6ccccc6c5n4)ccc3c2c1. The summed E-state index contributed by atoms with van der Waals surface area (Å²) in [5.74, 6) is 0.753. The van der Waals surface area contributed by atoms with E-state index in [4.69, 9.17) is 9.97 Å². The highest BCUT2D eigenvalue weighted by Gasteiger charge is 2.15. The molecule has 2 aromatic heterocycles. The summed E-state index contributed by atoms with van der Waals surface area (Å²) in [6.45, 7) is 0. The van der Waals surface area contributed by atoms with Crippen molar-refractivity contribution in [3.8, 4) is 22.6 Å². The predicted octanol–water partition coefficient (Wildman–Crippen LogP) is 9.25. The van der Waals surface area contributed by atoms with Crippen molar-refractivity contribution in [2.45, 2.75) is 0 Å². The lowest BCUT2D eigenvalue weighted by atomic mass is 10.0. The number of rotatable bonds is 2. The van der Waals surface area contributed by atoms with E-state index in [1.165, 1.54) is 25.6 Å². The molecule has 2 nitrogen and oxygen atoms in total. The Bertz CT molecular complexity index is 1870. The zero-order chi connectivity index (χ0) is 22.6. The van der Waals surface area contributed by atoms with Crippen LogP contribution in [0.2, 0.25) is 0 Å². The number of nitrogens with zero attached hydrogens (tertiary/aromatic N) is 2. The molecule has 0 radical (unpaired) electrons. The van der Waals surface area contributed by atoms with Crippen LogP contribution in [-0.4, -0.2) is 9.97 Å². The number of fused-ring (bicyclic) bond motifs is 6. The topological polar surface area (TPSA) is 25.8 Å². The summed E-state index contributed by atoms with van der Waals surface area (Å²) >= 11 is 5.42. The van der Waals surface area contributed by atoms with E-state index in [1.807, 2.05) is 17.4 Å². The lowest BCUT2D eigenvalue weighted by Gasteiger charge is -2.11. The first kappa shape index (κ1) is 19.8. The molecule has 7 rings (SSSR count). The molecule has 0 aliphatic carbocycles. The largest absolute Gasteiger partial charge is 0.227 e. The highest BCUT2D eigenvalue weighted by atomic mass is 79.9. The molecule has 0 aliphatic heterocycles. The van der Waals surface area contributed by atoms with Gasteiger partial charge in [-0.1, -0.05) is 88.7 Å². The maximum Gasteiger partial charge on any atom is 0.160 e. The standard InChI is InChI=1S/C30H17BrN2S/c31-21-12-15-26-25(17-21)23-13-11-20(16-27(23)34-26)30-32-28(19-7-2-1-3-8-19)24-14-10-18-6-4-5-9-22(18)29(24)33-30/h1-17H. The lowest BCUT2D eigenvalue weighted by Crippen LogP contribution is -1.96.